The summed E-state index contributed by atoms with van der Waals surface area (Å²) in [6.07, 6.45) is -3.68. The second kappa shape index (κ2) is 6.62. The van der Waals surface area contributed by atoms with E-state index < -0.39 is 38.9 Å². The number of halogens is 3. The lowest BCUT2D eigenvalue weighted by molar-refractivity contribution is -0.137. The van der Waals surface area contributed by atoms with Gasteiger partial charge in [-0.15, -0.1) is 10.8 Å². The van der Waals surface area contributed by atoms with Crippen molar-refractivity contribution in [2.75, 3.05) is 10.8 Å². The van der Waals surface area contributed by atoms with Gasteiger partial charge in [-0.2, -0.15) is 18.4 Å². The van der Waals surface area contributed by atoms with Gasteiger partial charge >= 0.3 is 6.18 Å². The van der Waals surface area contributed by atoms with E-state index in [-0.39, 0.29) is 30.0 Å². The Morgan fingerprint density at radius 1 is 1.13 bits per heavy atom. The van der Waals surface area contributed by atoms with Gasteiger partial charge in [0, 0.05) is 12.5 Å². The minimum Gasteiger partial charge on any atom is -0.385 e. The Labute approximate surface area is 179 Å². The molecular weight excluding hydrogens is 429 g/mol. The molecule has 0 radical (unpaired) electrons. The minimum absolute atomic E-state index is 0.0309. The van der Waals surface area contributed by atoms with Crippen LogP contribution in [0.15, 0.2) is 48.5 Å². The smallest absolute Gasteiger partial charge is 0.385 e. The fourth-order valence-electron chi connectivity index (χ4n) is 6.02. The van der Waals surface area contributed by atoms with Crippen LogP contribution in [-0.4, -0.2) is 26.0 Å². The molecule has 3 fully saturated rings. The lowest BCUT2D eigenvalue weighted by Gasteiger charge is -2.46. The summed E-state index contributed by atoms with van der Waals surface area (Å²) in [6.45, 7) is 0.145. The summed E-state index contributed by atoms with van der Waals surface area (Å²) < 4.78 is 63.7. The highest BCUT2D eigenvalue weighted by atomic mass is 32.3. The standard InChI is InChI=1S/C22H21F3N2O3S/c23-22(24,25)18-9-16(7-6-13(18)11-26)27-12-17-19-8-14(20(17)31(27,29)30)10-21(19,28)15-4-2-1-3-5-15/h1-7,9,14,17,19-20,28-30H,8,10,12H2/t14-,17-,19-,20+,21+/m0/s1. The number of aliphatic hydroxyl groups is 1. The summed E-state index contributed by atoms with van der Waals surface area (Å²) in [4.78, 5) is 0. The molecule has 0 spiro atoms. The van der Waals surface area contributed by atoms with E-state index in [0.29, 0.717) is 12.8 Å². The van der Waals surface area contributed by atoms with Crippen LogP contribution in [0.1, 0.15) is 29.5 Å². The predicted octanol–water partition coefficient (Wildman–Crippen LogP) is 4.98. The molecule has 5 rings (SSSR count). The van der Waals surface area contributed by atoms with Crippen LogP contribution in [-0.2, 0) is 11.8 Å². The number of hydrogen-bond acceptors (Lipinski definition) is 5. The molecule has 3 N–H and O–H groups in total. The third-order valence-electron chi connectivity index (χ3n) is 7.20. The van der Waals surface area contributed by atoms with E-state index in [0.717, 1.165) is 17.7 Å². The number of rotatable bonds is 2. The zero-order valence-electron chi connectivity index (χ0n) is 16.3. The maximum atomic E-state index is 13.4. The number of alkyl halides is 3. The Morgan fingerprint density at radius 2 is 1.84 bits per heavy atom. The number of nitriles is 1. The van der Waals surface area contributed by atoms with E-state index in [1.54, 1.807) is 6.07 Å². The highest BCUT2D eigenvalue weighted by Crippen LogP contribution is 2.72. The largest absolute Gasteiger partial charge is 0.417 e. The first-order chi connectivity index (χ1) is 14.6. The second-order valence-electron chi connectivity index (χ2n) is 8.69. The molecular formula is C22H21F3N2O3S. The summed E-state index contributed by atoms with van der Waals surface area (Å²) in [7, 11) is -3.39. The molecule has 5 atom stereocenters. The zero-order chi connectivity index (χ0) is 22.2. The SMILES string of the molecule is N#Cc1ccc(N2C[C@@H]3[C@@H]([C@H]4C[C@@H]3[C@](O)(c3ccccc3)C4)S2(O)O)cc1C(F)(F)F. The normalized spacial score (nSPS) is 34.4. The van der Waals surface area contributed by atoms with Crippen LogP contribution in [0.4, 0.5) is 18.9 Å². The molecule has 0 unspecified atom stereocenters. The Hall–Kier alpha value is -2.25. The van der Waals surface area contributed by atoms with E-state index >= 15 is 0 Å². The maximum absolute atomic E-state index is 13.4. The molecule has 31 heavy (non-hydrogen) atoms. The van der Waals surface area contributed by atoms with Crippen LogP contribution >= 0.6 is 10.8 Å². The third-order valence-corrected chi connectivity index (χ3v) is 9.68. The average molecular weight is 450 g/mol. The Kier molecular flexibility index (Phi) is 4.41. The van der Waals surface area contributed by atoms with Gasteiger partial charge in [0.05, 0.1) is 33.7 Å². The summed E-state index contributed by atoms with van der Waals surface area (Å²) in [5.74, 6) is -0.587. The quantitative estimate of drug-likeness (QED) is 0.601. The average Bonchev–Trinajstić information content (AvgIpc) is 3.35. The number of nitrogens with zero attached hydrogens (tertiary/aromatic N) is 2. The van der Waals surface area contributed by atoms with Gasteiger partial charge < -0.3 is 5.11 Å². The molecule has 1 saturated heterocycles. The van der Waals surface area contributed by atoms with Crippen molar-refractivity contribution in [2.45, 2.75) is 29.9 Å². The van der Waals surface area contributed by atoms with Crippen molar-refractivity contribution in [1.29, 1.82) is 5.26 Å². The van der Waals surface area contributed by atoms with E-state index in [9.17, 15) is 27.4 Å². The molecule has 2 saturated carbocycles. The van der Waals surface area contributed by atoms with Gasteiger partial charge in [-0.05, 0) is 48.4 Å². The zero-order valence-corrected chi connectivity index (χ0v) is 17.1. The second-order valence-corrected chi connectivity index (χ2v) is 10.8. The molecule has 2 aromatic carbocycles. The summed E-state index contributed by atoms with van der Waals surface area (Å²) in [5.41, 5.74) is -1.87. The molecule has 164 valence electrons. The maximum Gasteiger partial charge on any atom is 0.417 e. The van der Waals surface area contributed by atoms with E-state index in [1.165, 1.54) is 10.4 Å². The summed E-state index contributed by atoms with van der Waals surface area (Å²) in [5, 5.41) is 20.0. The molecule has 0 amide bonds. The fraction of sp³-hybridized carbons (Fsp3) is 0.409. The number of anilines is 1. The van der Waals surface area contributed by atoms with Gasteiger partial charge in [-0.1, -0.05) is 30.3 Å². The van der Waals surface area contributed by atoms with Crippen LogP contribution in [0, 0.1) is 29.1 Å². The number of benzene rings is 2. The first-order valence-corrected chi connectivity index (χ1v) is 11.6. The van der Waals surface area contributed by atoms with Crippen molar-refractivity contribution < 1.29 is 27.4 Å². The molecule has 9 heteroatoms. The van der Waals surface area contributed by atoms with E-state index in [2.05, 4.69) is 0 Å². The molecule has 2 aromatic rings. The van der Waals surface area contributed by atoms with Gasteiger partial charge in [0.2, 0.25) is 0 Å². The molecule has 2 aliphatic carbocycles. The van der Waals surface area contributed by atoms with Crippen molar-refractivity contribution >= 4 is 16.5 Å². The lowest BCUT2D eigenvalue weighted by Crippen LogP contribution is -2.42. The van der Waals surface area contributed by atoms with Gasteiger partial charge in [-0.25, -0.2) is 0 Å². The summed E-state index contributed by atoms with van der Waals surface area (Å²) in [6, 6.07) is 14.0. The lowest BCUT2D eigenvalue weighted by atomic mass is 9.73. The topological polar surface area (TPSA) is 87.7 Å². The molecule has 5 nitrogen and oxygen atoms in total. The van der Waals surface area contributed by atoms with Crippen molar-refractivity contribution in [3.63, 3.8) is 0 Å². The van der Waals surface area contributed by atoms with Gasteiger partial charge in [0.15, 0.2) is 0 Å². The minimum atomic E-state index is -4.73. The molecule has 1 heterocycles. The van der Waals surface area contributed by atoms with Crippen LogP contribution < -0.4 is 4.31 Å². The highest BCUT2D eigenvalue weighted by molar-refractivity contribution is 8.26. The third kappa shape index (κ3) is 2.89. The molecule has 1 aliphatic heterocycles. The molecule has 0 aromatic heterocycles. The van der Waals surface area contributed by atoms with Crippen molar-refractivity contribution in [3.05, 3.63) is 65.2 Å². The first kappa shape index (κ1) is 20.6. The van der Waals surface area contributed by atoms with Crippen molar-refractivity contribution in [1.82, 2.24) is 0 Å². The molecule has 3 aliphatic rings. The Morgan fingerprint density at radius 3 is 2.48 bits per heavy atom. The van der Waals surface area contributed by atoms with E-state index in [4.69, 9.17) is 5.26 Å². The first-order valence-electron chi connectivity index (χ1n) is 10.0. The summed E-state index contributed by atoms with van der Waals surface area (Å²) >= 11 is 0. The van der Waals surface area contributed by atoms with Gasteiger partial charge in [0.25, 0.3) is 0 Å². The number of fused-ring (bicyclic) bond motifs is 5. The Balaban J connectivity index is 1.51. The Bertz CT molecular complexity index is 1070. The van der Waals surface area contributed by atoms with Crippen LogP contribution in [0.2, 0.25) is 0 Å². The highest BCUT2D eigenvalue weighted by Gasteiger charge is 2.67. The fourth-order valence-corrected chi connectivity index (χ4v) is 8.60. The van der Waals surface area contributed by atoms with Gasteiger partial charge in [0.1, 0.15) is 0 Å². The number of hydrogen-bond donors (Lipinski definition) is 3. The monoisotopic (exact) mass is 450 g/mol. The van der Waals surface area contributed by atoms with E-state index in [1.807, 2.05) is 30.3 Å². The van der Waals surface area contributed by atoms with Crippen LogP contribution in [0.25, 0.3) is 0 Å². The molecule has 2 bridgehead atoms. The van der Waals surface area contributed by atoms with Crippen molar-refractivity contribution in [2.24, 2.45) is 17.8 Å². The predicted molar refractivity (Wildman–Crippen MR) is 110 cm³/mol. The van der Waals surface area contributed by atoms with Gasteiger partial charge in [-0.3, -0.25) is 13.4 Å². The van der Waals surface area contributed by atoms with Crippen LogP contribution in [0.5, 0.6) is 0 Å². The van der Waals surface area contributed by atoms with Crippen molar-refractivity contribution in [3.8, 4) is 6.07 Å². The van der Waals surface area contributed by atoms with Crippen LogP contribution in [0.3, 0.4) is 0 Å².